The summed E-state index contributed by atoms with van der Waals surface area (Å²) in [5.41, 5.74) is 26.8. The lowest BCUT2D eigenvalue weighted by Crippen LogP contribution is -2.44. The molecule has 0 atom stereocenters. The van der Waals surface area contributed by atoms with Crippen LogP contribution >= 0.6 is 0 Å². The fourth-order valence-electron chi connectivity index (χ4n) is 4.93. The summed E-state index contributed by atoms with van der Waals surface area (Å²) in [6.45, 7) is 6.42. The number of nitrogen functional groups attached to an aromatic ring is 4. The van der Waals surface area contributed by atoms with Gasteiger partial charge in [-0.15, -0.1) is 0 Å². The van der Waals surface area contributed by atoms with Gasteiger partial charge in [0.15, 0.2) is 11.5 Å². The van der Waals surface area contributed by atoms with Crippen molar-refractivity contribution in [1.82, 2.24) is 4.90 Å². The highest BCUT2D eigenvalue weighted by Gasteiger charge is 2.15. The number of nitrogens with two attached hydrogens (primary N) is 4. The third-order valence-electron chi connectivity index (χ3n) is 7.88. The number of sulfonamides is 1. The van der Waals surface area contributed by atoms with Crippen molar-refractivity contribution in [3.05, 3.63) is 120 Å². The van der Waals surface area contributed by atoms with Gasteiger partial charge in [0.25, 0.3) is 10.0 Å². The van der Waals surface area contributed by atoms with Crippen LogP contribution in [-0.2, 0) is 10.0 Å². The van der Waals surface area contributed by atoms with E-state index < -0.39 is 21.7 Å². The summed E-state index contributed by atoms with van der Waals surface area (Å²) >= 11 is 0. The van der Waals surface area contributed by atoms with Gasteiger partial charge < -0.3 is 46.9 Å². The number of nitrogens with one attached hydrogen (secondary N) is 1. The van der Waals surface area contributed by atoms with Crippen LogP contribution in [0.15, 0.2) is 108 Å². The first-order chi connectivity index (χ1) is 25.6. The van der Waals surface area contributed by atoms with Crippen molar-refractivity contribution in [3.63, 3.8) is 0 Å². The SMILES string of the molecule is CN1CCN(c2ccc(N)cc2)CC1.COc1ccc(N)c(OC)c1OC.Cc1ccc(S(=O)(=O)Nc2ccc(N)cc2)cc1.Nc1cc(F)cc(F)c1. The summed E-state index contributed by atoms with van der Waals surface area (Å²) in [5, 5.41) is 0. The largest absolute Gasteiger partial charge is 0.493 e. The predicted octanol–water partition coefficient (Wildman–Crippen LogP) is 6.24. The average molecular weight is 766 g/mol. The Balaban J connectivity index is 0.000000199. The minimum atomic E-state index is -3.53. The van der Waals surface area contributed by atoms with Crippen molar-refractivity contribution in [1.29, 1.82) is 0 Å². The van der Waals surface area contributed by atoms with Crippen LogP contribution in [0.1, 0.15) is 5.56 Å². The van der Waals surface area contributed by atoms with E-state index in [9.17, 15) is 17.2 Å². The molecule has 0 saturated carbocycles. The molecule has 0 bridgehead atoms. The van der Waals surface area contributed by atoms with Crippen molar-refractivity contribution in [2.75, 3.05) is 87.1 Å². The van der Waals surface area contributed by atoms with Crippen LogP contribution < -0.4 is 46.8 Å². The van der Waals surface area contributed by atoms with Gasteiger partial charge in [-0.1, -0.05) is 17.7 Å². The van der Waals surface area contributed by atoms with E-state index in [2.05, 4.69) is 33.7 Å². The maximum atomic E-state index is 12.1. The van der Waals surface area contributed by atoms with Crippen molar-refractivity contribution in [2.24, 2.45) is 0 Å². The summed E-state index contributed by atoms with van der Waals surface area (Å²) in [6, 6.07) is 27.7. The predicted molar refractivity (Wildman–Crippen MR) is 215 cm³/mol. The molecule has 9 N–H and O–H groups in total. The maximum absolute atomic E-state index is 12.1. The van der Waals surface area contributed by atoms with Crippen molar-refractivity contribution < 1.29 is 31.4 Å². The van der Waals surface area contributed by atoms with Gasteiger partial charge in [-0.05, 0) is 98.9 Å². The van der Waals surface area contributed by atoms with E-state index in [-0.39, 0.29) is 10.6 Å². The monoisotopic (exact) mass is 765 g/mol. The first-order valence-corrected chi connectivity index (χ1v) is 18.1. The molecule has 12 nitrogen and oxygen atoms in total. The molecule has 0 spiro atoms. The van der Waals surface area contributed by atoms with Crippen molar-refractivity contribution in [3.8, 4) is 17.2 Å². The number of benzene rings is 5. The molecule has 0 radical (unpaired) electrons. The second kappa shape index (κ2) is 20.3. The molecule has 1 fully saturated rings. The van der Waals surface area contributed by atoms with E-state index in [1.54, 1.807) is 74.9 Å². The topological polar surface area (TPSA) is 184 Å². The lowest BCUT2D eigenvalue weighted by molar-refractivity contribution is 0.313. The number of methoxy groups -OCH3 is 3. The average Bonchev–Trinajstić information content (AvgIpc) is 3.13. The van der Waals surface area contributed by atoms with E-state index in [4.69, 9.17) is 37.1 Å². The molecule has 0 unspecified atom stereocenters. The van der Waals surface area contributed by atoms with Gasteiger partial charge in [-0.2, -0.15) is 0 Å². The number of nitrogens with zero attached hydrogens (tertiary/aromatic N) is 2. The first-order valence-electron chi connectivity index (χ1n) is 16.7. The lowest BCUT2D eigenvalue weighted by atomic mass is 10.2. The molecule has 0 amide bonds. The third-order valence-corrected chi connectivity index (χ3v) is 9.27. The maximum Gasteiger partial charge on any atom is 0.261 e. The van der Waals surface area contributed by atoms with Gasteiger partial charge >= 0.3 is 0 Å². The number of piperazine rings is 1. The Kier molecular flexibility index (Phi) is 16.0. The smallest absolute Gasteiger partial charge is 0.261 e. The molecule has 54 heavy (non-hydrogen) atoms. The standard InChI is InChI=1S/C13H14N2O2S.C11H17N3.C9H13NO3.C6H5F2N/c1-10-2-8-13(9-3-10)18(16,17)15-12-6-4-11(14)5-7-12;1-13-6-8-14(9-7-13)11-4-2-10(12)3-5-11;1-11-7-5-4-6(10)8(12-2)9(7)13-3;7-4-1-5(8)3-6(9)2-4/h2-9,15H,14H2,1H3;2-5H,6-9,12H2,1H3;4-5H,10H2,1-3H3;1-3H,9H2. The highest BCUT2D eigenvalue weighted by Crippen LogP contribution is 2.40. The molecule has 1 saturated heterocycles. The van der Waals surface area contributed by atoms with Crippen molar-refractivity contribution >= 4 is 44.1 Å². The fraction of sp³-hybridized carbons (Fsp3) is 0.231. The number of hydrogen-bond acceptors (Lipinski definition) is 11. The second-order valence-corrected chi connectivity index (χ2v) is 13.7. The summed E-state index contributed by atoms with van der Waals surface area (Å²) in [6.07, 6.45) is 0. The quantitative estimate of drug-likeness (QED) is 0.118. The number of anilines is 6. The Morgan fingerprint density at radius 3 is 1.63 bits per heavy atom. The van der Waals surface area contributed by atoms with E-state index >= 15 is 0 Å². The molecular weight excluding hydrogens is 717 g/mol. The van der Waals surface area contributed by atoms with E-state index in [0.717, 1.165) is 55.6 Å². The van der Waals surface area contributed by atoms with E-state index in [0.29, 0.717) is 34.3 Å². The molecule has 0 aliphatic carbocycles. The van der Waals surface area contributed by atoms with Crippen molar-refractivity contribution in [2.45, 2.75) is 11.8 Å². The van der Waals surface area contributed by atoms with E-state index in [1.165, 1.54) is 12.8 Å². The van der Waals surface area contributed by atoms with Gasteiger partial charge in [0.05, 0.1) is 31.9 Å². The molecule has 1 aliphatic rings. The van der Waals surface area contributed by atoms with Gasteiger partial charge in [-0.25, -0.2) is 17.2 Å². The Morgan fingerprint density at radius 1 is 0.630 bits per heavy atom. The fourth-order valence-corrected chi connectivity index (χ4v) is 5.99. The van der Waals surface area contributed by atoms with E-state index in [1.807, 2.05) is 19.1 Å². The highest BCUT2D eigenvalue weighted by atomic mass is 32.2. The zero-order chi connectivity index (χ0) is 39.8. The van der Waals surface area contributed by atoms with Crippen LogP contribution in [0.25, 0.3) is 0 Å². The molecule has 0 aromatic heterocycles. The van der Waals surface area contributed by atoms with Gasteiger partial charge in [0, 0.05) is 60.7 Å². The summed E-state index contributed by atoms with van der Waals surface area (Å²) in [5.74, 6) is 0.334. The lowest BCUT2D eigenvalue weighted by Gasteiger charge is -2.34. The number of ether oxygens (including phenoxy) is 3. The summed E-state index contributed by atoms with van der Waals surface area (Å²) in [7, 11) is 3.27. The summed E-state index contributed by atoms with van der Waals surface area (Å²) < 4.78 is 66.1. The number of aryl methyl sites for hydroxylation is 1. The number of hydrogen-bond donors (Lipinski definition) is 5. The highest BCUT2D eigenvalue weighted by molar-refractivity contribution is 7.92. The van der Waals surface area contributed by atoms with Crippen LogP contribution in [0.5, 0.6) is 17.2 Å². The minimum absolute atomic E-state index is 0.104. The Morgan fingerprint density at radius 2 is 1.15 bits per heavy atom. The van der Waals surface area contributed by atoms with Crippen LogP contribution in [-0.4, -0.2) is 67.9 Å². The third kappa shape index (κ3) is 13.2. The normalized spacial score (nSPS) is 12.4. The Labute approximate surface area is 316 Å². The zero-order valence-corrected chi connectivity index (χ0v) is 31.9. The molecule has 5 aromatic carbocycles. The Bertz CT molecular complexity index is 1960. The van der Waals surface area contributed by atoms with Gasteiger partial charge in [0.2, 0.25) is 5.75 Å². The molecule has 5 aromatic rings. The van der Waals surface area contributed by atoms with Crippen LogP contribution in [0.2, 0.25) is 0 Å². The minimum Gasteiger partial charge on any atom is -0.493 e. The molecule has 290 valence electrons. The van der Waals surface area contributed by atoms with Crippen LogP contribution in [0.4, 0.5) is 42.9 Å². The molecule has 1 heterocycles. The Hall–Kier alpha value is -5.93. The van der Waals surface area contributed by atoms with Crippen LogP contribution in [0, 0.1) is 18.6 Å². The van der Waals surface area contributed by atoms with Gasteiger partial charge in [-0.3, -0.25) is 4.72 Å². The first kappa shape index (κ1) is 42.5. The number of rotatable bonds is 7. The molecule has 15 heteroatoms. The number of likely N-dealkylation sites (N-methyl/N-ethyl adjacent to an activating group) is 1. The molecule has 6 rings (SSSR count). The van der Waals surface area contributed by atoms with Crippen LogP contribution in [0.3, 0.4) is 0 Å². The molecular formula is C39H49F2N7O5S. The second-order valence-electron chi connectivity index (χ2n) is 12.0. The summed E-state index contributed by atoms with van der Waals surface area (Å²) in [4.78, 5) is 5.00. The number of halogens is 2. The van der Waals surface area contributed by atoms with Gasteiger partial charge in [0.1, 0.15) is 11.6 Å². The molecule has 1 aliphatic heterocycles. The zero-order valence-electron chi connectivity index (χ0n) is 31.1.